The van der Waals surface area contributed by atoms with Crippen molar-refractivity contribution in [1.29, 1.82) is 0 Å². The topological polar surface area (TPSA) is 309 Å². The number of sulfone groups is 1. The Morgan fingerprint density at radius 2 is 0.883 bits per heavy atom. The number of rotatable bonds is 23. The van der Waals surface area contributed by atoms with Gasteiger partial charge >= 0.3 is 22.7 Å². The molecule has 6 amide bonds. The molecule has 103 heavy (non-hydrogen) atoms. The summed E-state index contributed by atoms with van der Waals surface area (Å²) >= 11 is 12.0. The molecule has 0 saturated carbocycles. The molecule has 0 fully saturated rings. The summed E-state index contributed by atoms with van der Waals surface area (Å²) in [6.07, 6.45) is 8.71. The number of pyridine rings is 2. The normalized spacial score (nSPS) is 11.1. The summed E-state index contributed by atoms with van der Waals surface area (Å²) in [5.74, 6) is 3.21. The Morgan fingerprint density at radius 1 is 0.505 bits per heavy atom. The SMILES string of the molecule is CSCCC(=O)Nc1cc(COc2ccc(NC(=O)Nc3cc(C(C)(C)C)nn3-c3ccc(C)cc3)c3ccccc23)ccn1.CSCCC(=O)O.Cc1ccc(-n2nc(C(C)(C)C)cc2NC(=O)Nc2ccc(OCc3ccnc(NC(=O)CCS(C)(=O)=O)c3)c3ccccc23)cc1.O=C(Cl)Cl. The number of aliphatic carboxylic acids is 1. The van der Waals surface area contributed by atoms with Gasteiger partial charge < -0.3 is 35.8 Å². The van der Waals surface area contributed by atoms with Gasteiger partial charge in [0.2, 0.25) is 11.8 Å². The molecule has 0 atom stereocenters. The van der Waals surface area contributed by atoms with Crippen LogP contribution in [-0.4, -0.2) is 114 Å². The predicted octanol–water partition coefficient (Wildman–Crippen LogP) is 17.0. The minimum absolute atomic E-state index is 0.0673. The highest BCUT2D eigenvalue weighted by Gasteiger charge is 2.24. The number of aryl methyl sites for hydroxylation is 2. The maximum Gasteiger partial charge on any atom is 0.324 e. The second-order valence-corrected chi connectivity index (χ2v) is 30.7. The number of carboxylic acids is 1. The number of hydrogen-bond acceptors (Lipinski definition) is 16. The van der Waals surface area contributed by atoms with Crippen LogP contribution in [0.25, 0.3) is 32.9 Å². The summed E-state index contributed by atoms with van der Waals surface area (Å²) < 4.78 is 37.7. The van der Waals surface area contributed by atoms with E-state index in [0.29, 0.717) is 52.6 Å². The fraction of sp³-hybridized carbons (Fsp3) is 0.280. The third-order valence-electron chi connectivity index (χ3n) is 15.0. The van der Waals surface area contributed by atoms with Crippen LogP contribution in [-0.2, 0) is 48.3 Å². The first kappa shape index (κ1) is 80.3. The van der Waals surface area contributed by atoms with Gasteiger partial charge in [-0.25, -0.2) is 37.3 Å². The number of ether oxygens (including phenoxy) is 2. The Kier molecular flexibility index (Phi) is 29.5. The van der Waals surface area contributed by atoms with Crippen molar-refractivity contribution in [3.63, 3.8) is 0 Å². The van der Waals surface area contributed by atoms with Crippen molar-refractivity contribution < 1.29 is 51.8 Å². The monoisotopic (exact) mass is 1490 g/mol. The Morgan fingerprint density at radius 3 is 1.24 bits per heavy atom. The third-order valence-corrected chi connectivity index (χ3v) is 17.2. The Labute approximate surface area is 617 Å². The number of carbonyl (C=O) groups is 6. The molecule has 0 bridgehead atoms. The number of anilines is 6. The molecule has 4 heterocycles. The molecule has 0 saturated heterocycles. The fourth-order valence-corrected chi connectivity index (χ4v) is 11.0. The summed E-state index contributed by atoms with van der Waals surface area (Å²) in [4.78, 5) is 78.1. The maximum absolute atomic E-state index is 13.4. The average Bonchev–Trinajstić information content (AvgIpc) is 1.80. The lowest BCUT2D eigenvalue weighted by atomic mass is 9.92. The van der Waals surface area contributed by atoms with E-state index in [0.717, 1.165) is 84.3 Å². The van der Waals surface area contributed by atoms with Crippen molar-refractivity contribution in [3.8, 4) is 22.9 Å². The molecule has 0 aliphatic carbocycles. The molecule has 10 aromatic rings. The Bertz CT molecular complexity index is 4710. The summed E-state index contributed by atoms with van der Waals surface area (Å²) in [7, 11) is -3.25. The van der Waals surface area contributed by atoms with Crippen molar-refractivity contribution in [1.82, 2.24) is 29.5 Å². The molecular formula is C75H84Cl2N12O11S3. The van der Waals surface area contributed by atoms with Crippen LogP contribution in [0.4, 0.5) is 49.0 Å². The van der Waals surface area contributed by atoms with Gasteiger partial charge in [-0.2, -0.15) is 33.7 Å². The Balaban J connectivity index is 0.000000252. The van der Waals surface area contributed by atoms with Gasteiger partial charge in [0.15, 0.2) is 0 Å². The number of nitrogens with one attached hydrogen (secondary N) is 6. The lowest BCUT2D eigenvalue weighted by molar-refractivity contribution is -0.136. The van der Waals surface area contributed by atoms with Crippen LogP contribution in [0.15, 0.2) is 170 Å². The number of carboxylic acid groups (broad SMARTS) is 1. The number of thioether (sulfide) groups is 2. The van der Waals surface area contributed by atoms with Crippen molar-refractivity contribution in [2.45, 2.75) is 98.7 Å². The Hall–Kier alpha value is -9.99. The number of nitrogens with zero attached hydrogens (tertiary/aromatic N) is 6. The lowest BCUT2D eigenvalue weighted by Gasteiger charge is -2.15. The van der Waals surface area contributed by atoms with Crippen molar-refractivity contribution in [2.24, 2.45) is 0 Å². The first-order valence-corrected chi connectivity index (χ1v) is 38.0. The second kappa shape index (κ2) is 37.8. The van der Waals surface area contributed by atoms with Crippen LogP contribution in [0.2, 0.25) is 0 Å². The minimum Gasteiger partial charge on any atom is -0.488 e. The zero-order valence-electron chi connectivity index (χ0n) is 59.0. The van der Waals surface area contributed by atoms with E-state index in [1.54, 1.807) is 69.5 Å². The van der Waals surface area contributed by atoms with E-state index in [9.17, 15) is 32.4 Å². The molecule has 0 radical (unpaired) electrons. The van der Waals surface area contributed by atoms with Gasteiger partial charge in [0.05, 0.1) is 46.3 Å². The molecule has 0 aliphatic rings. The standard InChI is InChI=1S/C35H38N6O5S.C35H38N6O3S.C4H8O2S.CCl2O/c1-23-10-12-25(13-11-23)41-32(21-30(40-41)35(2,3)4)39-34(43)37-28-14-15-29(27-9-7-6-8-26(27)28)46-22-24-16-18-36-31(20-24)38-33(42)17-19-47(5,44)45;1-23-10-12-25(13-11-23)41-32(21-30(40-41)35(2,3)4)39-34(43)37-28-14-15-29(27-9-7-6-8-26(27)28)44-22-24-16-18-36-31(20-24)38-33(42)17-19-45-5;1-7-3-2-4(5)6;2-1(3)4/h6-16,18,20-21H,17,19,22H2,1-5H3,(H,36,38,42)(H2,37,39,43);6-16,18,20-21H,17,19,22H2,1-5H3,(H,36,38,42)(H2,37,39,43);2-3H2,1H3,(H,5,6);. The summed E-state index contributed by atoms with van der Waals surface area (Å²) in [5, 5.41) is 38.4. The third kappa shape index (κ3) is 25.8. The van der Waals surface area contributed by atoms with Crippen LogP contribution in [0.3, 0.4) is 0 Å². The zero-order chi connectivity index (χ0) is 75.0. The first-order chi connectivity index (χ1) is 48.8. The van der Waals surface area contributed by atoms with Gasteiger partial charge in [-0.15, -0.1) is 0 Å². The van der Waals surface area contributed by atoms with Crippen molar-refractivity contribution in [3.05, 3.63) is 204 Å². The maximum atomic E-state index is 13.4. The van der Waals surface area contributed by atoms with E-state index in [4.69, 9.17) is 29.6 Å². The van der Waals surface area contributed by atoms with E-state index >= 15 is 0 Å². The van der Waals surface area contributed by atoms with Crippen molar-refractivity contribution >= 4 is 147 Å². The second-order valence-electron chi connectivity index (χ2n) is 25.6. The summed E-state index contributed by atoms with van der Waals surface area (Å²) in [5.41, 5.74) is 8.13. The molecule has 542 valence electrons. The summed E-state index contributed by atoms with van der Waals surface area (Å²) in [6, 6.07) is 48.7. The van der Waals surface area contributed by atoms with Crippen LogP contribution < -0.4 is 41.4 Å². The van der Waals surface area contributed by atoms with Gasteiger partial charge in [-0.3, -0.25) is 29.8 Å². The zero-order valence-corrected chi connectivity index (χ0v) is 63.0. The van der Waals surface area contributed by atoms with E-state index < -0.39 is 32.4 Å². The fourth-order valence-electron chi connectivity index (χ4n) is 9.65. The van der Waals surface area contributed by atoms with E-state index in [-0.39, 0.29) is 54.6 Å². The number of aromatic nitrogens is 6. The largest absolute Gasteiger partial charge is 0.488 e. The molecule has 28 heteroatoms. The van der Waals surface area contributed by atoms with Crippen LogP contribution in [0, 0.1) is 13.8 Å². The minimum atomic E-state index is -3.25. The predicted molar refractivity (Wildman–Crippen MR) is 417 cm³/mol. The van der Waals surface area contributed by atoms with Crippen LogP contribution >= 0.6 is 46.7 Å². The van der Waals surface area contributed by atoms with E-state index in [1.807, 2.05) is 160 Å². The molecule has 0 aliphatic heterocycles. The smallest absolute Gasteiger partial charge is 0.324 e. The number of hydrogen-bond donors (Lipinski definition) is 7. The molecule has 4 aromatic heterocycles. The van der Waals surface area contributed by atoms with E-state index in [2.05, 4.69) is 107 Å². The highest BCUT2D eigenvalue weighted by atomic mass is 35.5. The summed E-state index contributed by atoms with van der Waals surface area (Å²) in [6.45, 7) is 17.0. The van der Waals surface area contributed by atoms with E-state index in [1.165, 1.54) is 0 Å². The number of fused-ring (bicyclic) bond motifs is 2. The number of benzene rings is 6. The van der Waals surface area contributed by atoms with Crippen LogP contribution in [0.5, 0.6) is 11.5 Å². The van der Waals surface area contributed by atoms with Gasteiger partial charge in [-0.1, -0.05) is 125 Å². The lowest BCUT2D eigenvalue weighted by Crippen LogP contribution is -2.21. The molecule has 6 aromatic carbocycles. The highest BCUT2D eigenvalue weighted by Crippen LogP contribution is 2.36. The molecule has 0 spiro atoms. The number of amides is 6. The highest BCUT2D eigenvalue weighted by molar-refractivity contribution is 7.98. The van der Waals surface area contributed by atoms with Gasteiger partial charge in [0, 0.05) is 87.5 Å². The molecule has 23 nitrogen and oxygen atoms in total. The molecule has 10 rings (SSSR count). The number of carbonyl (C=O) groups excluding carboxylic acids is 5. The average molecular weight is 1500 g/mol. The van der Waals surface area contributed by atoms with Gasteiger partial charge in [0.25, 0.3) is 0 Å². The number of urea groups is 2. The van der Waals surface area contributed by atoms with Crippen molar-refractivity contribution in [2.75, 3.05) is 67.9 Å². The quantitative estimate of drug-likeness (QED) is 0.0293. The first-order valence-electron chi connectivity index (χ1n) is 32.4. The molecule has 0 unspecified atom stereocenters. The number of halogens is 2. The van der Waals surface area contributed by atoms with Gasteiger partial charge in [-0.05, 0) is 133 Å². The van der Waals surface area contributed by atoms with Crippen LogP contribution in [0.1, 0.15) is 94.4 Å². The molecule has 7 N–H and O–H groups in total. The van der Waals surface area contributed by atoms with Gasteiger partial charge in [0.1, 0.15) is 57.8 Å². The molecular weight excluding hydrogens is 1410 g/mol.